The summed E-state index contributed by atoms with van der Waals surface area (Å²) < 4.78 is 0. The summed E-state index contributed by atoms with van der Waals surface area (Å²) in [6.07, 6.45) is 10.9. The normalized spacial score (nSPS) is 45.5. The summed E-state index contributed by atoms with van der Waals surface area (Å²) in [5, 5.41) is 0. The fourth-order valence-corrected chi connectivity index (χ4v) is 4.27. The number of hydrogen-bond donors (Lipinski definition) is 0. The molecule has 2 heteroatoms. The molecule has 3 aliphatic carbocycles. The molecule has 4 rings (SSSR count). The zero-order valence-corrected chi connectivity index (χ0v) is 9.86. The van der Waals surface area contributed by atoms with E-state index in [4.69, 9.17) is 9.98 Å². The summed E-state index contributed by atoms with van der Waals surface area (Å²) in [7, 11) is 0. The summed E-state index contributed by atoms with van der Waals surface area (Å²) in [5.74, 6) is 1.71. The highest BCUT2D eigenvalue weighted by atomic mass is 15.0. The Hall–Kier alpha value is -0.660. The van der Waals surface area contributed by atoms with E-state index in [1.165, 1.54) is 62.8 Å². The van der Waals surface area contributed by atoms with Crippen LogP contribution in [-0.2, 0) is 0 Å². The van der Waals surface area contributed by atoms with Gasteiger partial charge in [0.15, 0.2) is 0 Å². The fraction of sp³-hybridized carbons (Fsp3) is 0.857. The van der Waals surface area contributed by atoms with Crippen molar-refractivity contribution in [3.8, 4) is 0 Å². The molecule has 0 spiro atoms. The van der Waals surface area contributed by atoms with Gasteiger partial charge < -0.3 is 0 Å². The first kappa shape index (κ1) is 9.38. The molecule has 4 unspecified atom stereocenters. The standard InChI is InChI=1S/C14H20N2/c1-2-5-10-9(4-1)8-13-14(10)16-12-7-3-6-11(12)15-13/h9-12H,1-8H2. The predicted molar refractivity (Wildman–Crippen MR) is 66.4 cm³/mol. The summed E-state index contributed by atoms with van der Waals surface area (Å²) in [6, 6.07) is 1.14. The zero-order chi connectivity index (χ0) is 10.5. The molecule has 0 N–H and O–H groups in total. The molecule has 0 bridgehead atoms. The molecule has 0 aromatic carbocycles. The van der Waals surface area contributed by atoms with Gasteiger partial charge in [-0.2, -0.15) is 0 Å². The van der Waals surface area contributed by atoms with Gasteiger partial charge in [0.2, 0.25) is 0 Å². The molecule has 86 valence electrons. The SMILES string of the molecule is C1CCC2C3=NC4CCCC4N=C3CC2C1. The van der Waals surface area contributed by atoms with Crippen molar-refractivity contribution in [1.82, 2.24) is 0 Å². The first-order chi connectivity index (χ1) is 7.92. The largest absolute Gasteiger partial charge is 0.282 e. The Kier molecular flexibility index (Phi) is 2.00. The Morgan fingerprint density at radius 3 is 2.56 bits per heavy atom. The molecule has 3 fully saturated rings. The van der Waals surface area contributed by atoms with E-state index in [0.717, 1.165) is 11.8 Å². The number of nitrogens with zero attached hydrogens (tertiary/aromatic N) is 2. The molecule has 1 heterocycles. The third-order valence-corrected chi connectivity index (χ3v) is 5.08. The molecular weight excluding hydrogens is 196 g/mol. The van der Waals surface area contributed by atoms with Crippen molar-refractivity contribution >= 4 is 11.4 Å². The van der Waals surface area contributed by atoms with Gasteiger partial charge in [-0.3, -0.25) is 9.98 Å². The van der Waals surface area contributed by atoms with E-state index in [0.29, 0.717) is 12.1 Å². The van der Waals surface area contributed by atoms with Crippen LogP contribution in [0.3, 0.4) is 0 Å². The molecule has 4 atom stereocenters. The van der Waals surface area contributed by atoms with Gasteiger partial charge >= 0.3 is 0 Å². The molecule has 3 saturated carbocycles. The minimum absolute atomic E-state index is 0.568. The van der Waals surface area contributed by atoms with Gasteiger partial charge in [0.05, 0.1) is 23.5 Å². The summed E-state index contributed by atoms with van der Waals surface area (Å²) in [6.45, 7) is 0. The Bertz CT molecular complexity index is 369. The topological polar surface area (TPSA) is 24.7 Å². The van der Waals surface area contributed by atoms with Crippen molar-refractivity contribution in [2.75, 3.05) is 0 Å². The molecule has 0 saturated heterocycles. The number of rotatable bonds is 0. The van der Waals surface area contributed by atoms with Crippen molar-refractivity contribution in [3.05, 3.63) is 0 Å². The molecular formula is C14H20N2. The lowest BCUT2D eigenvalue weighted by Gasteiger charge is -2.26. The van der Waals surface area contributed by atoms with Gasteiger partial charge in [0.25, 0.3) is 0 Å². The summed E-state index contributed by atoms with van der Waals surface area (Å²) in [5.41, 5.74) is 2.87. The highest BCUT2D eigenvalue weighted by Gasteiger charge is 2.42. The van der Waals surface area contributed by atoms with E-state index in [1.807, 2.05) is 0 Å². The van der Waals surface area contributed by atoms with Crippen molar-refractivity contribution in [1.29, 1.82) is 0 Å². The maximum Gasteiger partial charge on any atom is 0.0727 e. The van der Waals surface area contributed by atoms with Crippen molar-refractivity contribution in [2.45, 2.75) is 63.5 Å². The van der Waals surface area contributed by atoms with Crippen LogP contribution >= 0.6 is 0 Å². The van der Waals surface area contributed by atoms with E-state index >= 15 is 0 Å². The number of hydrogen-bond acceptors (Lipinski definition) is 2. The minimum Gasteiger partial charge on any atom is -0.282 e. The van der Waals surface area contributed by atoms with Gasteiger partial charge in [-0.05, 0) is 44.4 Å². The van der Waals surface area contributed by atoms with E-state index in [1.54, 1.807) is 0 Å². The average molecular weight is 216 g/mol. The van der Waals surface area contributed by atoms with Gasteiger partial charge in [-0.25, -0.2) is 0 Å². The second kappa shape index (κ2) is 3.41. The van der Waals surface area contributed by atoms with Crippen LogP contribution in [0.1, 0.15) is 51.4 Å². The average Bonchev–Trinajstić information content (AvgIpc) is 2.88. The Balaban J connectivity index is 1.70. The third kappa shape index (κ3) is 1.25. The van der Waals surface area contributed by atoms with Crippen LogP contribution in [0.4, 0.5) is 0 Å². The quantitative estimate of drug-likeness (QED) is 0.594. The first-order valence-electron chi connectivity index (χ1n) is 7.06. The van der Waals surface area contributed by atoms with Crippen molar-refractivity contribution in [3.63, 3.8) is 0 Å². The Morgan fingerprint density at radius 2 is 1.62 bits per heavy atom. The second-order valence-corrected chi connectivity index (χ2v) is 6.01. The number of aliphatic imine (C=N–C) groups is 2. The zero-order valence-electron chi connectivity index (χ0n) is 9.86. The van der Waals surface area contributed by atoms with E-state index in [9.17, 15) is 0 Å². The lowest BCUT2D eigenvalue weighted by atomic mass is 9.81. The first-order valence-corrected chi connectivity index (χ1v) is 7.06. The smallest absolute Gasteiger partial charge is 0.0727 e. The highest BCUT2D eigenvalue weighted by Crippen LogP contribution is 2.42. The van der Waals surface area contributed by atoms with Gasteiger partial charge in [-0.15, -0.1) is 0 Å². The maximum absolute atomic E-state index is 5.08. The molecule has 1 aliphatic heterocycles. The lowest BCUT2D eigenvalue weighted by molar-refractivity contribution is 0.324. The molecule has 0 amide bonds. The fourth-order valence-electron chi connectivity index (χ4n) is 4.27. The molecule has 0 aromatic rings. The minimum atomic E-state index is 0.568. The van der Waals surface area contributed by atoms with Gasteiger partial charge in [0, 0.05) is 5.92 Å². The van der Waals surface area contributed by atoms with Crippen LogP contribution in [0.15, 0.2) is 9.98 Å². The molecule has 4 aliphatic rings. The highest BCUT2D eigenvalue weighted by molar-refractivity contribution is 6.45. The Labute approximate surface area is 97.3 Å². The van der Waals surface area contributed by atoms with E-state index in [2.05, 4.69) is 0 Å². The maximum atomic E-state index is 5.08. The molecule has 0 radical (unpaired) electrons. The Morgan fingerprint density at radius 1 is 0.812 bits per heavy atom. The van der Waals surface area contributed by atoms with Gasteiger partial charge in [0.1, 0.15) is 0 Å². The van der Waals surface area contributed by atoms with Crippen LogP contribution in [0.25, 0.3) is 0 Å². The van der Waals surface area contributed by atoms with E-state index < -0.39 is 0 Å². The lowest BCUT2D eigenvalue weighted by Crippen LogP contribution is -2.30. The molecule has 0 aromatic heterocycles. The second-order valence-electron chi connectivity index (χ2n) is 6.01. The van der Waals surface area contributed by atoms with Crippen LogP contribution in [0.5, 0.6) is 0 Å². The predicted octanol–water partition coefficient (Wildman–Crippen LogP) is 3.01. The molecule has 2 nitrogen and oxygen atoms in total. The molecule has 16 heavy (non-hydrogen) atoms. The van der Waals surface area contributed by atoms with Crippen LogP contribution in [0, 0.1) is 11.8 Å². The van der Waals surface area contributed by atoms with Crippen LogP contribution in [0.2, 0.25) is 0 Å². The van der Waals surface area contributed by atoms with Gasteiger partial charge in [-0.1, -0.05) is 12.8 Å². The van der Waals surface area contributed by atoms with E-state index in [-0.39, 0.29) is 0 Å². The van der Waals surface area contributed by atoms with Crippen molar-refractivity contribution < 1.29 is 0 Å². The summed E-state index contributed by atoms with van der Waals surface area (Å²) >= 11 is 0. The third-order valence-electron chi connectivity index (χ3n) is 5.08. The van der Waals surface area contributed by atoms with Crippen molar-refractivity contribution in [2.24, 2.45) is 21.8 Å². The monoisotopic (exact) mass is 216 g/mol. The van der Waals surface area contributed by atoms with Crippen LogP contribution < -0.4 is 0 Å². The van der Waals surface area contributed by atoms with Crippen LogP contribution in [-0.4, -0.2) is 23.5 Å². The number of fused-ring (bicyclic) bond motifs is 4. The summed E-state index contributed by atoms with van der Waals surface area (Å²) in [4.78, 5) is 10.1.